The number of nitro benzene ring substituents is 1. The molecule has 166 valence electrons. The van der Waals surface area contributed by atoms with Gasteiger partial charge in [0, 0.05) is 34.3 Å². The molecule has 0 radical (unpaired) electrons. The van der Waals surface area contributed by atoms with Crippen LogP contribution >= 0.6 is 11.6 Å². The highest BCUT2D eigenvalue weighted by Gasteiger charge is 2.33. The van der Waals surface area contributed by atoms with Crippen LogP contribution in [0, 0.1) is 10.1 Å². The summed E-state index contributed by atoms with van der Waals surface area (Å²) >= 11 is 6.03. The van der Waals surface area contributed by atoms with Gasteiger partial charge in [0.1, 0.15) is 0 Å². The first-order valence-electron chi connectivity index (χ1n) is 10.1. The molecule has 4 aromatic carbocycles. The second-order valence-corrected chi connectivity index (χ2v) is 7.98. The van der Waals surface area contributed by atoms with Crippen molar-refractivity contribution < 1.29 is 19.3 Å². The van der Waals surface area contributed by atoms with Crippen molar-refractivity contribution in [2.45, 2.75) is 0 Å². The zero-order valence-corrected chi connectivity index (χ0v) is 18.1. The third-order valence-electron chi connectivity index (χ3n) is 5.56. The maximum atomic E-state index is 13.2. The Kier molecular flexibility index (Phi) is 5.07. The molecule has 0 saturated carbocycles. The normalized spacial score (nSPS) is 12.7. The van der Waals surface area contributed by atoms with Gasteiger partial charge in [-0.25, -0.2) is 4.90 Å². The van der Waals surface area contributed by atoms with Crippen molar-refractivity contribution in [3.05, 3.63) is 111 Å². The molecule has 0 atom stereocenters. The molecule has 1 heterocycles. The number of nitro groups is 1. The lowest BCUT2D eigenvalue weighted by atomic mass is 9.94. The van der Waals surface area contributed by atoms with E-state index in [0.29, 0.717) is 27.9 Å². The monoisotopic (exact) mass is 471 g/mol. The number of carbonyl (C=O) groups is 3. The molecule has 1 N–H and O–H groups in total. The molecule has 0 fully saturated rings. The van der Waals surface area contributed by atoms with Crippen LogP contribution in [-0.2, 0) is 0 Å². The molecule has 5 rings (SSSR count). The molecule has 34 heavy (non-hydrogen) atoms. The van der Waals surface area contributed by atoms with Crippen LogP contribution in [0.2, 0.25) is 5.02 Å². The lowest BCUT2D eigenvalue weighted by Gasteiger charge is -2.27. The number of non-ortho nitro benzene ring substituents is 1. The summed E-state index contributed by atoms with van der Waals surface area (Å²) in [4.78, 5) is 50.4. The van der Waals surface area contributed by atoms with E-state index in [1.807, 2.05) is 12.1 Å². The third kappa shape index (κ3) is 3.46. The molecular formula is C25H14ClN3O5. The van der Waals surface area contributed by atoms with Crippen LogP contribution in [0.1, 0.15) is 31.1 Å². The third-order valence-corrected chi connectivity index (χ3v) is 5.89. The van der Waals surface area contributed by atoms with Crippen molar-refractivity contribution in [2.75, 3.05) is 10.2 Å². The highest BCUT2D eigenvalue weighted by molar-refractivity contribution is 6.36. The van der Waals surface area contributed by atoms with Crippen molar-refractivity contribution >= 4 is 57.2 Å². The number of nitrogens with one attached hydrogen (secondary N) is 1. The van der Waals surface area contributed by atoms with Gasteiger partial charge in [0.25, 0.3) is 23.4 Å². The zero-order chi connectivity index (χ0) is 24.0. The Hall–Kier alpha value is -4.56. The predicted octanol–water partition coefficient (Wildman–Crippen LogP) is 5.45. The Morgan fingerprint density at radius 2 is 1.50 bits per heavy atom. The van der Waals surface area contributed by atoms with E-state index in [9.17, 15) is 24.5 Å². The summed E-state index contributed by atoms with van der Waals surface area (Å²) in [7, 11) is 0. The minimum atomic E-state index is -0.632. The molecule has 0 aliphatic carbocycles. The Morgan fingerprint density at radius 3 is 2.09 bits per heavy atom. The van der Waals surface area contributed by atoms with Gasteiger partial charge in [-0.05, 0) is 47.9 Å². The van der Waals surface area contributed by atoms with Gasteiger partial charge in [0.2, 0.25) is 0 Å². The van der Waals surface area contributed by atoms with E-state index in [-0.39, 0.29) is 16.3 Å². The molecule has 0 unspecified atom stereocenters. The summed E-state index contributed by atoms with van der Waals surface area (Å²) in [6.45, 7) is 0. The van der Waals surface area contributed by atoms with Crippen molar-refractivity contribution in [1.29, 1.82) is 0 Å². The second-order valence-electron chi connectivity index (χ2n) is 7.58. The summed E-state index contributed by atoms with van der Waals surface area (Å²) in [5, 5.41) is 15.1. The van der Waals surface area contributed by atoms with Gasteiger partial charge >= 0.3 is 0 Å². The Balaban J connectivity index is 1.42. The number of rotatable bonds is 4. The van der Waals surface area contributed by atoms with E-state index in [4.69, 9.17) is 11.6 Å². The number of imide groups is 1. The number of nitrogens with zero attached hydrogens (tertiary/aromatic N) is 2. The van der Waals surface area contributed by atoms with E-state index < -0.39 is 22.6 Å². The summed E-state index contributed by atoms with van der Waals surface area (Å²) in [6, 6.07) is 20.3. The van der Waals surface area contributed by atoms with Crippen molar-refractivity contribution in [1.82, 2.24) is 0 Å². The number of amides is 3. The highest BCUT2D eigenvalue weighted by atomic mass is 35.5. The second kappa shape index (κ2) is 8.09. The quantitative estimate of drug-likeness (QED) is 0.241. The highest BCUT2D eigenvalue weighted by Crippen LogP contribution is 2.33. The van der Waals surface area contributed by atoms with E-state index in [1.54, 1.807) is 24.3 Å². The fraction of sp³-hybridized carbons (Fsp3) is 0. The average Bonchev–Trinajstić information content (AvgIpc) is 2.83. The fourth-order valence-corrected chi connectivity index (χ4v) is 4.16. The smallest absolute Gasteiger partial charge is 0.270 e. The number of anilines is 2. The Bertz CT molecular complexity index is 1480. The fourth-order valence-electron chi connectivity index (χ4n) is 3.96. The first-order valence-corrected chi connectivity index (χ1v) is 10.5. The van der Waals surface area contributed by atoms with Crippen LogP contribution in [0.5, 0.6) is 0 Å². The number of carbonyl (C=O) groups excluding carboxylic acids is 3. The minimum Gasteiger partial charge on any atom is -0.322 e. The molecule has 0 aromatic heterocycles. The van der Waals surface area contributed by atoms with E-state index >= 15 is 0 Å². The number of halogens is 1. The number of hydrogen-bond donors (Lipinski definition) is 1. The lowest BCUT2D eigenvalue weighted by Crippen LogP contribution is -2.40. The van der Waals surface area contributed by atoms with Crippen molar-refractivity contribution in [3.63, 3.8) is 0 Å². The topological polar surface area (TPSA) is 110 Å². The average molecular weight is 472 g/mol. The number of hydrogen-bond acceptors (Lipinski definition) is 5. The summed E-state index contributed by atoms with van der Waals surface area (Å²) in [5.74, 6) is -1.50. The zero-order valence-electron chi connectivity index (χ0n) is 17.3. The standard InChI is InChI=1S/C25H14ClN3O5/c26-21-12-11-17(29(33)34)13-20(21)23(30)27-15-7-9-16(10-8-15)28-24(31)18-5-1-3-14-4-2-6-19(22(14)18)25(28)32/h1-13H,(H,27,30). The van der Waals surface area contributed by atoms with Crippen LogP contribution in [0.4, 0.5) is 17.1 Å². The maximum absolute atomic E-state index is 13.2. The van der Waals surface area contributed by atoms with Gasteiger partial charge in [-0.1, -0.05) is 35.9 Å². The first-order chi connectivity index (χ1) is 16.3. The van der Waals surface area contributed by atoms with Crippen LogP contribution in [0.15, 0.2) is 78.9 Å². The lowest BCUT2D eigenvalue weighted by molar-refractivity contribution is -0.384. The van der Waals surface area contributed by atoms with Crippen LogP contribution in [0.25, 0.3) is 10.8 Å². The van der Waals surface area contributed by atoms with Gasteiger partial charge in [-0.15, -0.1) is 0 Å². The maximum Gasteiger partial charge on any atom is 0.270 e. The van der Waals surface area contributed by atoms with Crippen molar-refractivity contribution in [3.8, 4) is 0 Å². The molecule has 0 bridgehead atoms. The SMILES string of the molecule is O=C(Nc1ccc(N2C(=O)c3cccc4cccc(c34)C2=O)cc1)c1cc([N+](=O)[O-])ccc1Cl. The van der Waals surface area contributed by atoms with Crippen LogP contribution in [-0.4, -0.2) is 22.6 Å². The van der Waals surface area contributed by atoms with Crippen LogP contribution < -0.4 is 10.2 Å². The Labute approximate surface area is 197 Å². The molecule has 3 amide bonds. The number of benzene rings is 4. The van der Waals surface area contributed by atoms with Gasteiger partial charge in [0.15, 0.2) is 0 Å². The molecule has 1 aliphatic heterocycles. The van der Waals surface area contributed by atoms with E-state index in [1.165, 1.54) is 36.4 Å². The summed E-state index contributed by atoms with van der Waals surface area (Å²) < 4.78 is 0. The molecule has 1 aliphatic rings. The molecule has 4 aromatic rings. The summed E-state index contributed by atoms with van der Waals surface area (Å²) in [6.07, 6.45) is 0. The van der Waals surface area contributed by atoms with Crippen molar-refractivity contribution in [2.24, 2.45) is 0 Å². The van der Waals surface area contributed by atoms with E-state index in [2.05, 4.69) is 5.32 Å². The predicted molar refractivity (Wildman–Crippen MR) is 128 cm³/mol. The van der Waals surface area contributed by atoms with Gasteiger partial charge < -0.3 is 5.32 Å². The Morgan fingerprint density at radius 1 is 0.882 bits per heavy atom. The van der Waals surface area contributed by atoms with Gasteiger partial charge in [-0.3, -0.25) is 24.5 Å². The van der Waals surface area contributed by atoms with Gasteiger partial charge in [0.05, 0.1) is 21.2 Å². The summed E-state index contributed by atoms with van der Waals surface area (Å²) in [5.41, 5.74) is 1.26. The molecule has 0 spiro atoms. The molecular weight excluding hydrogens is 458 g/mol. The van der Waals surface area contributed by atoms with Gasteiger partial charge in [-0.2, -0.15) is 0 Å². The minimum absolute atomic E-state index is 0.0500. The molecule has 8 nitrogen and oxygen atoms in total. The van der Waals surface area contributed by atoms with E-state index in [0.717, 1.165) is 16.4 Å². The van der Waals surface area contributed by atoms with Crippen LogP contribution in [0.3, 0.4) is 0 Å². The molecule has 9 heteroatoms. The molecule has 0 saturated heterocycles. The largest absolute Gasteiger partial charge is 0.322 e. The first kappa shape index (κ1) is 21.3.